The first-order chi connectivity index (χ1) is 10.6. The lowest BCUT2D eigenvalue weighted by atomic mass is 9.70. The first-order valence-electron chi connectivity index (χ1n) is 8.43. The Morgan fingerprint density at radius 3 is 2.36 bits per heavy atom. The van der Waals surface area contributed by atoms with Crippen molar-refractivity contribution in [2.45, 2.75) is 50.9 Å². The second kappa shape index (κ2) is 6.36. The molecule has 0 saturated heterocycles. The zero-order chi connectivity index (χ0) is 15.6. The van der Waals surface area contributed by atoms with Gasteiger partial charge in [-0.25, -0.2) is 8.78 Å². The number of benzene rings is 1. The Hall–Kier alpha value is -1.44. The van der Waals surface area contributed by atoms with E-state index in [1.165, 1.54) is 12.2 Å². The van der Waals surface area contributed by atoms with E-state index in [-0.39, 0.29) is 5.92 Å². The maximum absolute atomic E-state index is 15.3. The standard InChI is InChI=1S/C20H24F2/c1-2-15-8-10-18(11-9-15)20(22)13-12-17(14-19(20)21)16-6-4-3-5-7-16/h3-7,12-15,18-19H,2,8-11H2,1H3/t15-,18-,19?,20?. The van der Waals surface area contributed by atoms with Gasteiger partial charge in [-0.05, 0) is 48.0 Å². The summed E-state index contributed by atoms with van der Waals surface area (Å²) in [6, 6.07) is 9.62. The van der Waals surface area contributed by atoms with E-state index in [4.69, 9.17) is 0 Å². The van der Waals surface area contributed by atoms with Crippen molar-refractivity contribution < 1.29 is 8.78 Å². The molecule has 0 amide bonds. The Bertz CT molecular complexity index is 552. The van der Waals surface area contributed by atoms with Gasteiger partial charge in [0.15, 0.2) is 11.8 Å². The van der Waals surface area contributed by atoms with Crippen molar-refractivity contribution >= 4 is 5.57 Å². The molecule has 2 atom stereocenters. The van der Waals surface area contributed by atoms with Gasteiger partial charge in [0.05, 0.1) is 0 Å². The van der Waals surface area contributed by atoms with Gasteiger partial charge in [0.25, 0.3) is 0 Å². The highest BCUT2D eigenvalue weighted by Gasteiger charge is 2.46. The van der Waals surface area contributed by atoms with E-state index in [2.05, 4.69) is 6.92 Å². The lowest BCUT2D eigenvalue weighted by Crippen LogP contribution is -2.43. The smallest absolute Gasteiger partial charge is 0.166 e. The van der Waals surface area contributed by atoms with E-state index in [1.54, 1.807) is 6.08 Å². The van der Waals surface area contributed by atoms with Crippen LogP contribution in [0.3, 0.4) is 0 Å². The molecule has 2 aliphatic carbocycles. The second-order valence-electron chi connectivity index (χ2n) is 6.68. The van der Waals surface area contributed by atoms with Crippen LogP contribution in [-0.4, -0.2) is 11.8 Å². The molecule has 1 fully saturated rings. The van der Waals surface area contributed by atoms with Crippen LogP contribution in [0.4, 0.5) is 8.78 Å². The topological polar surface area (TPSA) is 0 Å². The third-order valence-electron chi connectivity index (χ3n) is 5.42. The first kappa shape index (κ1) is 15.5. The summed E-state index contributed by atoms with van der Waals surface area (Å²) < 4.78 is 29.9. The van der Waals surface area contributed by atoms with Gasteiger partial charge in [0.2, 0.25) is 0 Å². The zero-order valence-corrected chi connectivity index (χ0v) is 13.1. The lowest BCUT2D eigenvalue weighted by Gasteiger charge is -2.39. The van der Waals surface area contributed by atoms with Gasteiger partial charge in [-0.2, -0.15) is 0 Å². The van der Waals surface area contributed by atoms with Gasteiger partial charge >= 0.3 is 0 Å². The van der Waals surface area contributed by atoms with Gasteiger partial charge < -0.3 is 0 Å². The van der Waals surface area contributed by atoms with Crippen molar-refractivity contribution in [2.24, 2.45) is 11.8 Å². The molecular weight excluding hydrogens is 278 g/mol. The van der Waals surface area contributed by atoms with Crippen LogP contribution in [0.2, 0.25) is 0 Å². The molecule has 1 aromatic rings. The Morgan fingerprint density at radius 1 is 1.09 bits per heavy atom. The summed E-state index contributed by atoms with van der Waals surface area (Å²) >= 11 is 0. The SMILES string of the molecule is CC[C@H]1CC[C@H](C2(F)C=CC(c3ccccc3)=CC2F)CC1. The molecule has 1 saturated carbocycles. The van der Waals surface area contributed by atoms with Crippen molar-refractivity contribution in [3.63, 3.8) is 0 Å². The van der Waals surface area contributed by atoms with Crippen LogP contribution in [0, 0.1) is 11.8 Å². The van der Waals surface area contributed by atoms with E-state index in [0.717, 1.165) is 43.2 Å². The fraction of sp³-hybridized carbons (Fsp3) is 0.500. The lowest BCUT2D eigenvalue weighted by molar-refractivity contribution is 0.0326. The summed E-state index contributed by atoms with van der Waals surface area (Å²) in [5.74, 6) is 0.510. The monoisotopic (exact) mass is 302 g/mol. The minimum Gasteiger partial charge on any atom is -0.239 e. The molecule has 0 N–H and O–H groups in total. The quantitative estimate of drug-likeness (QED) is 0.652. The van der Waals surface area contributed by atoms with E-state index < -0.39 is 11.8 Å². The molecule has 22 heavy (non-hydrogen) atoms. The molecule has 2 aliphatic rings. The van der Waals surface area contributed by atoms with Crippen LogP contribution in [0.25, 0.3) is 5.57 Å². The molecule has 0 bridgehead atoms. The molecule has 0 radical (unpaired) electrons. The van der Waals surface area contributed by atoms with E-state index >= 15 is 4.39 Å². The van der Waals surface area contributed by atoms with Crippen LogP contribution in [0.1, 0.15) is 44.6 Å². The minimum absolute atomic E-state index is 0.185. The first-order valence-corrected chi connectivity index (χ1v) is 8.43. The summed E-state index contributed by atoms with van der Waals surface area (Å²) in [5, 5.41) is 0. The van der Waals surface area contributed by atoms with Crippen molar-refractivity contribution in [3.8, 4) is 0 Å². The summed E-state index contributed by atoms with van der Waals surface area (Å²) in [6.07, 6.45) is 7.97. The highest BCUT2D eigenvalue weighted by molar-refractivity contribution is 5.76. The Morgan fingerprint density at radius 2 is 1.77 bits per heavy atom. The van der Waals surface area contributed by atoms with Crippen molar-refractivity contribution in [2.75, 3.05) is 0 Å². The number of hydrogen-bond donors (Lipinski definition) is 0. The molecule has 0 aromatic heterocycles. The molecule has 2 unspecified atom stereocenters. The van der Waals surface area contributed by atoms with Gasteiger partial charge in [0.1, 0.15) is 0 Å². The molecule has 0 spiro atoms. The van der Waals surface area contributed by atoms with Gasteiger partial charge in [-0.3, -0.25) is 0 Å². The maximum Gasteiger partial charge on any atom is 0.166 e. The number of alkyl halides is 2. The van der Waals surface area contributed by atoms with Crippen LogP contribution in [-0.2, 0) is 0 Å². The van der Waals surface area contributed by atoms with Gasteiger partial charge in [-0.1, -0.05) is 62.6 Å². The highest BCUT2D eigenvalue weighted by Crippen LogP contribution is 2.45. The maximum atomic E-state index is 15.3. The largest absolute Gasteiger partial charge is 0.239 e. The molecule has 0 aliphatic heterocycles. The Balaban J connectivity index is 1.75. The minimum atomic E-state index is -1.82. The van der Waals surface area contributed by atoms with Crippen LogP contribution in [0.15, 0.2) is 48.6 Å². The second-order valence-corrected chi connectivity index (χ2v) is 6.68. The molecule has 1 aromatic carbocycles. The van der Waals surface area contributed by atoms with E-state index in [1.807, 2.05) is 30.3 Å². The van der Waals surface area contributed by atoms with Crippen molar-refractivity contribution in [1.29, 1.82) is 0 Å². The van der Waals surface area contributed by atoms with Crippen LogP contribution >= 0.6 is 0 Å². The zero-order valence-electron chi connectivity index (χ0n) is 13.1. The molecule has 3 rings (SSSR count). The fourth-order valence-corrected chi connectivity index (χ4v) is 3.85. The fourth-order valence-electron chi connectivity index (χ4n) is 3.85. The van der Waals surface area contributed by atoms with E-state index in [9.17, 15) is 4.39 Å². The predicted molar refractivity (Wildman–Crippen MR) is 88.0 cm³/mol. The third kappa shape index (κ3) is 2.88. The average Bonchev–Trinajstić information content (AvgIpc) is 2.58. The highest BCUT2D eigenvalue weighted by atomic mass is 19.2. The summed E-state index contributed by atoms with van der Waals surface area (Å²) in [6.45, 7) is 2.18. The third-order valence-corrected chi connectivity index (χ3v) is 5.42. The summed E-state index contributed by atoms with van der Waals surface area (Å²) in [7, 11) is 0. The summed E-state index contributed by atoms with van der Waals surface area (Å²) in [5.41, 5.74) is -0.0986. The Labute approximate surface area is 131 Å². The predicted octanol–water partition coefficient (Wildman–Crippen LogP) is 5.90. The van der Waals surface area contributed by atoms with Gasteiger partial charge in [-0.15, -0.1) is 0 Å². The molecule has 0 nitrogen and oxygen atoms in total. The molecule has 0 heterocycles. The van der Waals surface area contributed by atoms with Crippen LogP contribution < -0.4 is 0 Å². The molecule has 118 valence electrons. The van der Waals surface area contributed by atoms with Crippen molar-refractivity contribution in [3.05, 3.63) is 54.1 Å². The summed E-state index contributed by atoms with van der Waals surface area (Å²) in [4.78, 5) is 0. The van der Waals surface area contributed by atoms with Crippen LogP contribution in [0.5, 0.6) is 0 Å². The molecule has 2 heteroatoms. The number of rotatable bonds is 3. The number of allylic oxidation sites excluding steroid dienone is 4. The van der Waals surface area contributed by atoms with E-state index in [0.29, 0.717) is 5.92 Å². The normalized spacial score (nSPS) is 35.2. The number of hydrogen-bond acceptors (Lipinski definition) is 0. The van der Waals surface area contributed by atoms with Gasteiger partial charge in [0, 0.05) is 0 Å². The van der Waals surface area contributed by atoms with Crippen molar-refractivity contribution in [1.82, 2.24) is 0 Å². The Kier molecular flexibility index (Phi) is 4.46. The average molecular weight is 302 g/mol. The molecular formula is C20H24F2. The number of halogens is 2.